The van der Waals surface area contributed by atoms with Crippen LogP contribution >= 0.6 is 0 Å². The molecule has 0 aromatic carbocycles. The van der Waals surface area contributed by atoms with Gasteiger partial charge in [-0.15, -0.1) is 0 Å². The molecule has 19 heavy (non-hydrogen) atoms. The average Bonchev–Trinajstić information content (AvgIpc) is 3.06. The summed E-state index contributed by atoms with van der Waals surface area (Å²) in [5.74, 6) is 0.708. The highest BCUT2D eigenvalue weighted by molar-refractivity contribution is 5.76. The molecule has 7 nitrogen and oxygen atoms in total. The SMILES string of the molecule is CCC(NC(=O)Cn1cccn1)c1ncnn1CC. The van der Waals surface area contributed by atoms with Crippen molar-refractivity contribution in [2.24, 2.45) is 0 Å². The van der Waals surface area contributed by atoms with Gasteiger partial charge in [0.1, 0.15) is 18.7 Å². The topological polar surface area (TPSA) is 77.6 Å². The van der Waals surface area contributed by atoms with Crippen LogP contribution in [0.15, 0.2) is 24.8 Å². The molecule has 2 aromatic rings. The number of aryl methyl sites for hydroxylation is 1. The molecular weight excluding hydrogens is 244 g/mol. The third kappa shape index (κ3) is 3.18. The van der Waals surface area contributed by atoms with Crippen molar-refractivity contribution in [3.05, 3.63) is 30.6 Å². The van der Waals surface area contributed by atoms with Crippen LogP contribution in [0, 0.1) is 0 Å². The van der Waals surface area contributed by atoms with Gasteiger partial charge in [-0.1, -0.05) is 6.92 Å². The predicted molar refractivity (Wildman–Crippen MR) is 69.1 cm³/mol. The second-order valence-corrected chi connectivity index (χ2v) is 4.17. The van der Waals surface area contributed by atoms with E-state index in [-0.39, 0.29) is 18.5 Å². The van der Waals surface area contributed by atoms with Crippen LogP contribution in [0.1, 0.15) is 32.1 Å². The zero-order chi connectivity index (χ0) is 13.7. The number of carbonyl (C=O) groups excluding carboxylic acids is 1. The van der Waals surface area contributed by atoms with Crippen molar-refractivity contribution >= 4 is 5.91 Å². The van der Waals surface area contributed by atoms with E-state index in [9.17, 15) is 4.79 Å². The van der Waals surface area contributed by atoms with Gasteiger partial charge in [0.2, 0.25) is 5.91 Å². The molecule has 0 radical (unpaired) electrons. The summed E-state index contributed by atoms with van der Waals surface area (Å²) in [4.78, 5) is 16.2. The fraction of sp³-hybridized carbons (Fsp3) is 0.500. The third-order valence-corrected chi connectivity index (χ3v) is 2.86. The zero-order valence-electron chi connectivity index (χ0n) is 11.2. The number of amides is 1. The first kappa shape index (κ1) is 13.3. The fourth-order valence-electron chi connectivity index (χ4n) is 1.92. The van der Waals surface area contributed by atoms with E-state index in [0.29, 0.717) is 0 Å². The summed E-state index contributed by atoms with van der Waals surface area (Å²) in [6.45, 7) is 4.95. The lowest BCUT2D eigenvalue weighted by Crippen LogP contribution is -2.33. The van der Waals surface area contributed by atoms with Gasteiger partial charge in [0.15, 0.2) is 0 Å². The number of rotatable bonds is 6. The molecule has 0 spiro atoms. The maximum Gasteiger partial charge on any atom is 0.242 e. The molecule has 0 fully saturated rings. The van der Waals surface area contributed by atoms with Gasteiger partial charge in [-0.25, -0.2) is 9.67 Å². The predicted octanol–water partition coefficient (Wildman–Crippen LogP) is 0.762. The molecule has 1 N–H and O–H groups in total. The molecule has 2 rings (SSSR count). The van der Waals surface area contributed by atoms with Gasteiger partial charge in [0, 0.05) is 18.9 Å². The normalized spacial score (nSPS) is 12.3. The Balaban J connectivity index is 2.01. The van der Waals surface area contributed by atoms with Gasteiger partial charge in [-0.3, -0.25) is 9.48 Å². The molecule has 1 amide bonds. The van der Waals surface area contributed by atoms with E-state index in [4.69, 9.17) is 0 Å². The highest BCUT2D eigenvalue weighted by Gasteiger charge is 2.18. The molecule has 1 atom stereocenters. The lowest BCUT2D eigenvalue weighted by Gasteiger charge is -2.16. The maximum atomic E-state index is 11.9. The number of nitrogens with one attached hydrogen (secondary N) is 1. The molecule has 2 heterocycles. The molecular formula is C12H18N6O. The minimum Gasteiger partial charge on any atom is -0.344 e. The number of aromatic nitrogens is 5. The van der Waals surface area contributed by atoms with Gasteiger partial charge in [0.05, 0.1) is 6.04 Å². The van der Waals surface area contributed by atoms with Crippen LogP contribution in [0.2, 0.25) is 0 Å². The molecule has 0 aliphatic rings. The van der Waals surface area contributed by atoms with E-state index < -0.39 is 0 Å². The minimum atomic E-state index is -0.120. The molecule has 7 heteroatoms. The lowest BCUT2D eigenvalue weighted by molar-refractivity contribution is -0.122. The Bertz CT molecular complexity index is 518. The van der Waals surface area contributed by atoms with Crippen molar-refractivity contribution in [1.82, 2.24) is 29.9 Å². The number of hydrogen-bond acceptors (Lipinski definition) is 4. The van der Waals surface area contributed by atoms with Crippen molar-refractivity contribution in [1.29, 1.82) is 0 Å². The van der Waals surface area contributed by atoms with E-state index in [1.165, 1.54) is 6.33 Å². The fourth-order valence-corrected chi connectivity index (χ4v) is 1.92. The standard InChI is InChI=1S/C12H18N6O/c1-3-10(12-13-9-15-18(12)4-2)16-11(19)8-17-7-5-6-14-17/h5-7,9-10H,3-4,8H2,1-2H3,(H,16,19). The Morgan fingerprint density at radius 2 is 2.26 bits per heavy atom. The van der Waals surface area contributed by atoms with Gasteiger partial charge >= 0.3 is 0 Å². The van der Waals surface area contributed by atoms with E-state index in [0.717, 1.165) is 18.8 Å². The van der Waals surface area contributed by atoms with Gasteiger partial charge < -0.3 is 5.32 Å². The van der Waals surface area contributed by atoms with E-state index in [1.807, 2.05) is 13.8 Å². The highest BCUT2D eigenvalue weighted by atomic mass is 16.2. The summed E-state index contributed by atoms with van der Waals surface area (Å²) >= 11 is 0. The molecule has 0 bridgehead atoms. The van der Waals surface area contributed by atoms with Crippen LogP contribution in [-0.4, -0.2) is 30.5 Å². The van der Waals surface area contributed by atoms with Crippen molar-refractivity contribution in [3.8, 4) is 0 Å². The van der Waals surface area contributed by atoms with E-state index >= 15 is 0 Å². The van der Waals surface area contributed by atoms with Crippen LogP contribution in [0.25, 0.3) is 0 Å². The molecule has 0 saturated heterocycles. The van der Waals surface area contributed by atoms with Crippen molar-refractivity contribution in [2.75, 3.05) is 0 Å². The first-order valence-electron chi connectivity index (χ1n) is 6.39. The monoisotopic (exact) mass is 262 g/mol. The van der Waals surface area contributed by atoms with Crippen molar-refractivity contribution in [2.45, 2.75) is 39.4 Å². The largest absolute Gasteiger partial charge is 0.344 e. The van der Waals surface area contributed by atoms with Crippen LogP contribution < -0.4 is 5.32 Å². The summed E-state index contributed by atoms with van der Waals surface area (Å²) in [5, 5.41) is 11.1. The third-order valence-electron chi connectivity index (χ3n) is 2.86. The van der Waals surface area contributed by atoms with Gasteiger partial charge in [-0.05, 0) is 19.4 Å². The van der Waals surface area contributed by atoms with Crippen LogP contribution in [-0.2, 0) is 17.9 Å². The Labute approximate surface area is 111 Å². The lowest BCUT2D eigenvalue weighted by atomic mass is 10.2. The second-order valence-electron chi connectivity index (χ2n) is 4.17. The molecule has 0 aliphatic carbocycles. The van der Waals surface area contributed by atoms with Gasteiger partial charge in [0.25, 0.3) is 0 Å². The van der Waals surface area contributed by atoms with Crippen molar-refractivity contribution in [3.63, 3.8) is 0 Å². The molecule has 1 unspecified atom stereocenters. The maximum absolute atomic E-state index is 11.9. The zero-order valence-corrected chi connectivity index (χ0v) is 11.2. The smallest absolute Gasteiger partial charge is 0.242 e. The van der Waals surface area contributed by atoms with Crippen LogP contribution in [0.3, 0.4) is 0 Å². The Morgan fingerprint density at radius 3 is 2.89 bits per heavy atom. The summed E-state index contributed by atoms with van der Waals surface area (Å²) < 4.78 is 3.38. The second kappa shape index (κ2) is 6.12. The molecule has 2 aromatic heterocycles. The molecule has 0 saturated carbocycles. The van der Waals surface area contributed by atoms with Gasteiger partial charge in [-0.2, -0.15) is 10.2 Å². The van der Waals surface area contributed by atoms with Crippen LogP contribution in [0.4, 0.5) is 0 Å². The summed E-state index contributed by atoms with van der Waals surface area (Å²) in [6, 6.07) is 1.67. The molecule has 102 valence electrons. The number of carbonyl (C=O) groups is 1. The van der Waals surface area contributed by atoms with E-state index in [2.05, 4.69) is 20.5 Å². The minimum absolute atomic E-state index is 0.0822. The van der Waals surface area contributed by atoms with Crippen molar-refractivity contribution < 1.29 is 4.79 Å². The summed E-state index contributed by atoms with van der Waals surface area (Å²) in [7, 11) is 0. The summed E-state index contributed by atoms with van der Waals surface area (Å²) in [5.41, 5.74) is 0. The number of hydrogen-bond donors (Lipinski definition) is 1. The first-order chi connectivity index (χ1) is 9.24. The Kier molecular flexibility index (Phi) is 4.27. The van der Waals surface area contributed by atoms with Crippen LogP contribution in [0.5, 0.6) is 0 Å². The molecule has 0 aliphatic heterocycles. The highest BCUT2D eigenvalue weighted by Crippen LogP contribution is 2.13. The average molecular weight is 262 g/mol. The van der Waals surface area contributed by atoms with E-state index in [1.54, 1.807) is 27.8 Å². The Hall–Kier alpha value is -2.18. The summed E-state index contributed by atoms with van der Waals surface area (Å²) in [6.07, 6.45) is 5.69. The Morgan fingerprint density at radius 1 is 1.42 bits per heavy atom. The number of nitrogens with zero attached hydrogens (tertiary/aromatic N) is 5. The quantitative estimate of drug-likeness (QED) is 0.833. The first-order valence-corrected chi connectivity index (χ1v) is 6.39.